The number of aliphatic hydroxyl groups is 1. The van der Waals surface area contributed by atoms with Crippen LogP contribution in [-0.4, -0.2) is 29.3 Å². The first-order valence-corrected chi connectivity index (χ1v) is 5.72. The molecular formula is C13H18FNO3. The van der Waals surface area contributed by atoms with Crippen LogP contribution in [0, 0.1) is 5.82 Å². The second-order valence-corrected chi connectivity index (χ2v) is 4.63. The summed E-state index contributed by atoms with van der Waals surface area (Å²) >= 11 is 0. The third-order valence-corrected chi connectivity index (χ3v) is 2.29. The molecule has 0 spiro atoms. The van der Waals surface area contributed by atoms with E-state index in [0.29, 0.717) is 5.75 Å². The number of rotatable bonds is 5. The SMILES string of the molecule is C[C@@H](O)CNC(=O)C(C)(C)Oc1ccc(F)cc1. The molecule has 4 nitrogen and oxygen atoms in total. The second kappa shape index (κ2) is 5.82. The van der Waals surface area contributed by atoms with Crippen LogP contribution in [0.3, 0.4) is 0 Å². The average molecular weight is 255 g/mol. The van der Waals surface area contributed by atoms with E-state index in [9.17, 15) is 9.18 Å². The quantitative estimate of drug-likeness (QED) is 0.838. The number of halogens is 1. The zero-order valence-electron chi connectivity index (χ0n) is 10.7. The van der Waals surface area contributed by atoms with E-state index in [2.05, 4.69) is 5.32 Å². The lowest BCUT2D eigenvalue weighted by Crippen LogP contribution is -2.48. The van der Waals surface area contributed by atoms with Crippen LogP contribution in [0.1, 0.15) is 20.8 Å². The molecule has 1 amide bonds. The van der Waals surface area contributed by atoms with Crippen LogP contribution in [-0.2, 0) is 4.79 Å². The lowest BCUT2D eigenvalue weighted by atomic mass is 10.1. The Morgan fingerprint density at radius 3 is 2.50 bits per heavy atom. The molecule has 18 heavy (non-hydrogen) atoms. The Morgan fingerprint density at radius 2 is 2.00 bits per heavy atom. The third-order valence-electron chi connectivity index (χ3n) is 2.29. The highest BCUT2D eigenvalue weighted by molar-refractivity contribution is 5.84. The Bertz CT molecular complexity index is 401. The van der Waals surface area contributed by atoms with Gasteiger partial charge in [-0.2, -0.15) is 0 Å². The number of hydrogen-bond acceptors (Lipinski definition) is 3. The number of aliphatic hydroxyl groups excluding tert-OH is 1. The smallest absolute Gasteiger partial charge is 0.263 e. The average Bonchev–Trinajstić information content (AvgIpc) is 2.28. The second-order valence-electron chi connectivity index (χ2n) is 4.63. The fourth-order valence-corrected chi connectivity index (χ4v) is 1.30. The molecule has 0 saturated carbocycles. The summed E-state index contributed by atoms with van der Waals surface area (Å²) in [6.07, 6.45) is -0.615. The first-order chi connectivity index (χ1) is 8.31. The molecule has 0 unspecified atom stereocenters. The highest BCUT2D eigenvalue weighted by Gasteiger charge is 2.29. The normalized spacial score (nSPS) is 12.9. The van der Waals surface area contributed by atoms with Crippen molar-refractivity contribution in [2.45, 2.75) is 32.5 Å². The molecule has 1 rings (SSSR count). The molecule has 0 aromatic heterocycles. The molecular weight excluding hydrogens is 237 g/mol. The summed E-state index contributed by atoms with van der Waals surface area (Å²) < 4.78 is 18.2. The maximum Gasteiger partial charge on any atom is 0.263 e. The summed E-state index contributed by atoms with van der Waals surface area (Å²) in [5, 5.41) is 11.7. The van der Waals surface area contributed by atoms with Gasteiger partial charge in [-0.05, 0) is 45.0 Å². The minimum atomic E-state index is -1.09. The van der Waals surface area contributed by atoms with Crippen LogP contribution < -0.4 is 10.1 Å². The summed E-state index contributed by atoms with van der Waals surface area (Å²) in [4.78, 5) is 11.8. The Labute approximate surface area is 106 Å². The van der Waals surface area contributed by atoms with Crippen LogP contribution in [0.5, 0.6) is 5.75 Å². The van der Waals surface area contributed by atoms with E-state index >= 15 is 0 Å². The van der Waals surface area contributed by atoms with Gasteiger partial charge in [-0.1, -0.05) is 0 Å². The summed E-state index contributed by atoms with van der Waals surface area (Å²) in [6, 6.07) is 5.44. The summed E-state index contributed by atoms with van der Waals surface area (Å²) in [5.74, 6) is -0.292. The van der Waals surface area contributed by atoms with E-state index in [1.807, 2.05) is 0 Å². The molecule has 0 heterocycles. The van der Waals surface area contributed by atoms with Crippen molar-refractivity contribution in [3.63, 3.8) is 0 Å². The number of carbonyl (C=O) groups is 1. The van der Waals surface area contributed by atoms with Crippen molar-refractivity contribution in [3.8, 4) is 5.75 Å². The molecule has 0 aliphatic rings. The van der Waals surface area contributed by atoms with E-state index in [0.717, 1.165) is 0 Å². The van der Waals surface area contributed by atoms with E-state index in [1.54, 1.807) is 20.8 Å². The van der Waals surface area contributed by atoms with Crippen molar-refractivity contribution in [1.29, 1.82) is 0 Å². The molecule has 1 aromatic rings. The van der Waals surface area contributed by atoms with E-state index in [-0.39, 0.29) is 18.3 Å². The molecule has 0 saturated heterocycles. The summed E-state index contributed by atoms with van der Waals surface area (Å²) in [5.41, 5.74) is -1.09. The van der Waals surface area contributed by atoms with Crippen LogP contribution in [0.25, 0.3) is 0 Å². The predicted octanol–water partition coefficient (Wildman–Crippen LogP) is 1.48. The van der Waals surface area contributed by atoms with Gasteiger partial charge in [0.25, 0.3) is 5.91 Å². The summed E-state index contributed by atoms with van der Waals surface area (Å²) in [7, 11) is 0. The standard InChI is InChI=1S/C13H18FNO3/c1-9(16)8-15-12(17)13(2,3)18-11-6-4-10(14)5-7-11/h4-7,9,16H,8H2,1-3H3,(H,15,17)/t9-/m1/s1. The molecule has 1 atom stereocenters. The van der Waals surface area contributed by atoms with Gasteiger partial charge in [0.2, 0.25) is 0 Å². The number of ether oxygens (including phenoxy) is 1. The van der Waals surface area contributed by atoms with Crippen LogP contribution >= 0.6 is 0 Å². The first-order valence-electron chi connectivity index (χ1n) is 5.72. The number of nitrogens with one attached hydrogen (secondary N) is 1. The van der Waals surface area contributed by atoms with E-state index < -0.39 is 11.7 Å². The van der Waals surface area contributed by atoms with Gasteiger partial charge < -0.3 is 15.2 Å². The van der Waals surface area contributed by atoms with E-state index in [4.69, 9.17) is 9.84 Å². The molecule has 2 N–H and O–H groups in total. The van der Waals surface area contributed by atoms with Gasteiger partial charge >= 0.3 is 0 Å². The molecule has 0 bridgehead atoms. The monoisotopic (exact) mass is 255 g/mol. The van der Waals surface area contributed by atoms with Crippen molar-refractivity contribution in [1.82, 2.24) is 5.32 Å². The topological polar surface area (TPSA) is 58.6 Å². The minimum absolute atomic E-state index is 0.162. The highest BCUT2D eigenvalue weighted by Crippen LogP contribution is 2.18. The lowest BCUT2D eigenvalue weighted by molar-refractivity contribution is -0.134. The van der Waals surface area contributed by atoms with Gasteiger partial charge in [0.05, 0.1) is 6.10 Å². The first kappa shape index (κ1) is 14.4. The maximum atomic E-state index is 12.7. The van der Waals surface area contributed by atoms with Crippen LogP contribution in [0.4, 0.5) is 4.39 Å². The molecule has 0 fully saturated rings. The van der Waals surface area contributed by atoms with Gasteiger partial charge in [0, 0.05) is 6.54 Å². The van der Waals surface area contributed by atoms with Gasteiger partial charge in [-0.25, -0.2) is 4.39 Å². The third kappa shape index (κ3) is 4.33. The number of hydrogen-bond donors (Lipinski definition) is 2. The Kier molecular flexibility index (Phi) is 4.67. The predicted molar refractivity (Wildman–Crippen MR) is 65.8 cm³/mol. The Hall–Kier alpha value is -1.62. The zero-order chi connectivity index (χ0) is 13.8. The Morgan fingerprint density at radius 1 is 1.44 bits per heavy atom. The van der Waals surface area contributed by atoms with Crippen molar-refractivity contribution in [3.05, 3.63) is 30.1 Å². The van der Waals surface area contributed by atoms with Crippen molar-refractivity contribution in [2.75, 3.05) is 6.54 Å². The van der Waals surface area contributed by atoms with Gasteiger partial charge in [0.1, 0.15) is 11.6 Å². The minimum Gasteiger partial charge on any atom is -0.478 e. The number of carbonyl (C=O) groups excluding carboxylic acids is 1. The van der Waals surface area contributed by atoms with E-state index in [1.165, 1.54) is 24.3 Å². The number of amides is 1. The maximum absolute atomic E-state index is 12.7. The van der Waals surface area contributed by atoms with Gasteiger partial charge in [-0.15, -0.1) is 0 Å². The Balaban J connectivity index is 2.63. The van der Waals surface area contributed by atoms with Crippen molar-refractivity contribution < 1.29 is 19.0 Å². The van der Waals surface area contributed by atoms with Gasteiger partial charge in [0.15, 0.2) is 5.60 Å². The molecule has 0 aliphatic heterocycles. The van der Waals surface area contributed by atoms with Crippen LogP contribution in [0.15, 0.2) is 24.3 Å². The zero-order valence-corrected chi connectivity index (χ0v) is 10.7. The fraction of sp³-hybridized carbons (Fsp3) is 0.462. The molecule has 1 aromatic carbocycles. The lowest BCUT2D eigenvalue weighted by Gasteiger charge is -2.25. The van der Waals surface area contributed by atoms with Crippen molar-refractivity contribution >= 4 is 5.91 Å². The molecule has 100 valence electrons. The largest absolute Gasteiger partial charge is 0.478 e. The number of benzene rings is 1. The van der Waals surface area contributed by atoms with Gasteiger partial charge in [-0.3, -0.25) is 4.79 Å². The molecule has 0 aliphatic carbocycles. The van der Waals surface area contributed by atoms with Crippen molar-refractivity contribution in [2.24, 2.45) is 0 Å². The molecule has 0 radical (unpaired) electrons. The highest BCUT2D eigenvalue weighted by atomic mass is 19.1. The van der Waals surface area contributed by atoms with Crippen LogP contribution in [0.2, 0.25) is 0 Å². The fourth-order valence-electron chi connectivity index (χ4n) is 1.30. The molecule has 5 heteroatoms. The summed E-state index contributed by atoms with van der Waals surface area (Å²) in [6.45, 7) is 4.95.